The SMILES string of the molecule is Cc1ccc(-c2nn(-c3cccc(C(=O)NCCCC(O)([PH2]=O)P(=O)(O)O)c3)c3ncnc(N)c23)cc1. The fraction of sp³-hybridized carbons (Fsp3) is 0.217. The zero-order valence-corrected chi connectivity index (χ0v) is 21.8. The van der Waals surface area contributed by atoms with E-state index >= 15 is 0 Å². The second-order valence-electron chi connectivity index (χ2n) is 8.53. The Balaban J connectivity index is 1.58. The Bertz CT molecular complexity index is 1520. The van der Waals surface area contributed by atoms with Crippen LogP contribution in [-0.2, 0) is 9.13 Å². The summed E-state index contributed by atoms with van der Waals surface area (Å²) in [5, 5.41) is 15.3. The maximum Gasteiger partial charge on any atom is 0.363 e. The number of carbonyl (C=O) groups is 1. The Morgan fingerprint density at radius 2 is 1.92 bits per heavy atom. The third kappa shape index (κ3) is 5.49. The summed E-state index contributed by atoms with van der Waals surface area (Å²) >= 11 is 0. The van der Waals surface area contributed by atoms with Gasteiger partial charge in [0.2, 0.25) is 5.08 Å². The number of aliphatic hydroxyl groups is 1. The van der Waals surface area contributed by atoms with Gasteiger partial charge in [0.1, 0.15) is 26.3 Å². The third-order valence-electron chi connectivity index (χ3n) is 5.87. The van der Waals surface area contributed by atoms with Crippen LogP contribution in [0.1, 0.15) is 28.8 Å². The molecule has 4 rings (SSSR count). The van der Waals surface area contributed by atoms with E-state index in [2.05, 4.69) is 15.3 Å². The molecule has 12 nitrogen and oxygen atoms in total. The number of amides is 1. The number of rotatable bonds is 9. The highest BCUT2D eigenvalue weighted by molar-refractivity contribution is 7.63. The second-order valence-corrected chi connectivity index (χ2v) is 12.1. The van der Waals surface area contributed by atoms with Gasteiger partial charge in [-0.15, -0.1) is 0 Å². The highest BCUT2D eigenvalue weighted by atomic mass is 31.2. The van der Waals surface area contributed by atoms with Crippen LogP contribution in [0.5, 0.6) is 0 Å². The molecule has 4 aromatic rings. The van der Waals surface area contributed by atoms with E-state index in [9.17, 15) is 28.8 Å². The molecule has 0 radical (unpaired) electrons. The molecule has 37 heavy (non-hydrogen) atoms. The molecule has 2 unspecified atom stereocenters. The number of nitrogens with two attached hydrogens (primary N) is 1. The number of carbonyl (C=O) groups excluding carboxylic acids is 1. The summed E-state index contributed by atoms with van der Waals surface area (Å²) in [4.78, 5) is 39.6. The van der Waals surface area contributed by atoms with Crippen LogP contribution in [0.4, 0.5) is 5.82 Å². The average Bonchev–Trinajstić information content (AvgIpc) is 3.27. The first-order valence-corrected chi connectivity index (χ1v) is 13.9. The molecule has 0 aliphatic carbocycles. The number of benzene rings is 2. The van der Waals surface area contributed by atoms with Gasteiger partial charge in [-0.2, -0.15) is 5.10 Å². The van der Waals surface area contributed by atoms with E-state index in [0.717, 1.165) is 11.1 Å². The van der Waals surface area contributed by atoms with Crippen LogP contribution < -0.4 is 11.1 Å². The van der Waals surface area contributed by atoms with Crippen molar-refractivity contribution in [2.75, 3.05) is 12.3 Å². The van der Waals surface area contributed by atoms with Crippen molar-refractivity contribution in [3.63, 3.8) is 0 Å². The van der Waals surface area contributed by atoms with Gasteiger partial charge in [0.15, 0.2) is 5.65 Å². The molecule has 2 heterocycles. The molecular formula is C23H26N6O6P2. The lowest BCUT2D eigenvalue weighted by Crippen LogP contribution is -2.27. The monoisotopic (exact) mass is 544 g/mol. The largest absolute Gasteiger partial charge is 0.383 e. The van der Waals surface area contributed by atoms with Crippen molar-refractivity contribution >= 4 is 38.8 Å². The number of hydrogen-bond acceptors (Lipinski definition) is 8. The highest BCUT2D eigenvalue weighted by Gasteiger charge is 2.43. The summed E-state index contributed by atoms with van der Waals surface area (Å²) in [7, 11) is -7.08. The van der Waals surface area contributed by atoms with Gasteiger partial charge in [-0.05, 0) is 38.0 Å². The lowest BCUT2D eigenvalue weighted by atomic mass is 10.1. The molecule has 14 heteroatoms. The van der Waals surface area contributed by atoms with E-state index in [1.54, 1.807) is 28.9 Å². The van der Waals surface area contributed by atoms with Crippen molar-refractivity contribution in [2.24, 2.45) is 0 Å². The number of hydrogen-bond donors (Lipinski definition) is 5. The maximum atomic E-state index is 12.7. The fourth-order valence-electron chi connectivity index (χ4n) is 3.77. The van der Waals surface area contributed by atoms with Crippen LogP contribution >= 0.6 is 16.1 Å². The molecule has 0 fully saturated rings. The van der Waals surface area contributed by atoms with Crippen LogP contribution in [0.2, 0.25) is 0 Å². The molecule has 0 aliphatic rings. The maximum absolute atomic E-state index is 12.7. The molecule has 2 aromatic carbocycles. The molecule has 0 saturated carbocycles. The molecule has 6 N–H and O–H groups in total. The van der Waals surface area contributed by atoms with Crippen molar-refractivity contribution in [1.82, 2.24) is 25.1 Å². The van der Waals surface area contributed by atoms with Gasteiger partial charge in [0, 0.05) is 17.7 Å². The van der Waals surface area contributed by atoms with Gasteiger partial charge < -0.3 is 30.5 Å². The average molecular weight is 544 g/mol. The number of anilines is 1. The first-order valence-electron chi connectivity index (χ1n) is 11.2. The first-order chi connectivity index (χ1) is 17.5. The van der Waals surface area contributed by atoms with Gasteiger partial charge in [-0.1, -0.05) is 35.9 Å². The van der Waals surface area contributed by atoms with E-state index in [0.29, 0.717) is 28.0 Å². The van der Waals surface area contributed by atoms with E-state index in [1.807, 2.05) is 31.2 Å². The van der Waals surface area contributed by atoms with E-state index < -0.39 is 33.5 Å². The Morgan fingerprint density at radius 3 is 2.59 bits per heavy atom. The van der Waals surface area contributed by atoms with Crippen molar-refractivity contribution in [2.45, 2.75) is 24.8 Å². The third-order valence-corrected chi connectivity index (χ3v) is 9.10. The smallest absolute Gasteiger partial charge is 0.363 e. The van der Waals surface area contributed by atoms with Crippen molar-refractivity contribution in [1.29, 1.82) is 0 Å². The summed E-state index contributed by atoms with van der Waals surface area (Å²) in [5.74, 6) is -0.170. The molecule has 2 atom stereocenters. The Labute approximate surface area is 212 Å². The van der Waals surface area contributed by atoms with Crippen molar-refractivity contribution < 1.29 is 28.8 Å². The fourth-order valence-corrected chi connectivity index (χ4v) is 5.09. The summed E-state index contributed by atoms with van der Waals surface area (Å²) in [6.45, 7) is 1.99. The highest BCUT2D eigenvalue weighted by Crippen LogP contribution is 2.57. The predicted octanol–water partition coefficient (Wildman–Crippen LogP) is 2.46. The zero-order chi connectivity index (χ0) is 26.8. The first kappa shape index (κ1) is 26.7. The van der Waals surface area contributed by atoms with E-state index in [-0.39, 0.29) is 18.8 Å². The lowest BCUT2D eigenvalue weighted by molar-refractivity contribution is 0.0949. The number of aromatic nitrogens is 4. The Kier molecular flexibility index (Phi) is 7.59. The molecular weight excluding hydrogens is 518 g/mol. The lowest BCUT2D eigenvalue weighted by Gasteiger charge is -2.23. The minimum atomic E-state index is -4.96. The van der Waals surface area contributed by atoms with Gasteiger partial charge in [0.05, 0.1) is 11.1 Å². The van der Waals surface area contributed by atoms with Crippen molar-refractivity contribution in [3.05, 3.63) is 66.0 Å². The number of nitrogen functional groups attached to an aromatic ring is 1. The predicted molar refractivity (Wildman–Crippen MR) is 140 cm³/mol. The minimum absolute atomic E-state index is 0.0108. The van der Waals surface area contributed by atoms with Gasteiger partial charge in [-0.25, -0.2) is 14.6 Å². The molecule has 0 saturated heterocycles. The van der Waals surface area contributed by atoms with Gasteiger partial charge >= 0.3 is 7.60 Å². The summed E-state index contributed by atoms with van der Waals surface area (Å²) < 4.78 is 24.1. The zero-order valence-electron chi connectivity index (χ0n) is 19.8. The summed E-state index contributed by atoms with van der Waals surface area (Å²) in [6, 6.07) is 14.4. The normalized spacial score (nSPS) is 13.7. The van der Waals surface area contributed by atoms with Crippen LogP contribution in [0.3, 0.4) is 0 Å². The van der Waals surface area contributed by atoms with Crippen LogP contribution in [0, 0.1) is 6.92 Å². The topological polar surface area (TPSA) is 194 Å². The van der Waals surface area contributed by atoms with E-state index in [1.165, 1.54) is 6.33 Å². The standard InChI is InChI=1S/C23H26N6O6P2/c1-14-6-8-15(9-7-14)19-18-20(24)26-13-27-21(18)29(28-19)17-5-2-4-16(12-17)22(30)25-11-3-10-23(31,36-32)37(33,34)35/h2,4-9,12-13,31H,3,10-11,36H2,1H3,(H,25,30)(H2,24,26,27)(H2,33,34,35). The van der Waals surface area contributed by atoms with E-state index in [4.69, 9.17) is 10.8 Å². The molecule has 194 valence electrons. The number of aryl methyl sites for hydroxylation is 1. The van der Waals surface area contributed by atoms with Gasteiger partial charge in [0.25, 0.3) is 5.91 Å². The van der Waals surface area contributed by atoms with Crippen LogP contribution in [-0.4, -0.2) is 52.2 Å². The summed E-state index contributed by atoms with van der Waals surface area (Å²) in [5.41, 5.74) is 10.0. The Hall–Kier alpha value is -3.40. The molecule has 1 amide bonds. The molecule has 2 aromatic heterocycles. The van der Waals surface area contributed by atoms with Gasteiger partial charge in [-0.3, -0.25) is 9.36 Å². The van der Waals surface area contributed by atoms with Crippen molar-refractivity contribution in [3.8, 4) is 16.9 Å². The number of nitrogens with one attached hydrogen (secondary N) is 1. The summed E-state index contributed by atoms with van der Waals surface area (Å²) in [6.07, 6.45) is 0.939. The van der Waals surface area contributed by atoms with Crippen LogP contribution in [0.25, 0.3) is 28.0 Å². The molecule has 0 spiro atoms. The quantitative estimate of drug-likeness (QED) is 0.154. The second kappa shape index (κ2) is 10.5. The molecule has 0 aliphatic heterocycles. The number of nitrogens with zero attached hydrogens (tertiary/aromatic N) is 4. The Morgan fingerprint density at radius 1 is 1.19 bits per heavy atom. The molecule has 0 bridgehead atoms. The number of fused-ring (bicyclic) bond motifs is 1. The minimum Gasteiger partial charge on any atom is -0.383 e. The van der Waals surface area contributed by atoms with Crippen LogP contribution in [0.15, 0.2) is 54.9 Å².